The van der Waals surface area contributed by atoms with E-state index >= 15 is 0 Å². The van der Waals surface area contributed by atoms with E-state index in [1.807, 2.05) is 30.3 Å². The van der Waals surface area contributed by atoms with Crippen LogP contribution in [0.1, 0.15) is 160 Å². The Morgan fingerprint density at radius 2 is 1.34 bits per heavy atom. The van der Waals surface area contributed by atoms with E-state index in [1.165, 1.54) is 16.9 Å². The number of nitrogens with one attached hydrogen (secondary N) is 3. The third kappa shape index (κ3) is 25.4. The zero-order valence-electron chi connectivity index (χ0n) is 56.5. The molecule has 7 rings (SSSR count). The highest BCUT2D eigenvalue weighted by Gasteiger charge is 2.44. The third-order valence-corrected chi connectivity index (χ3v) is 18.2. The topological polar surface area (TPSA) is 374 Å². The average Bonchev–Trinajstić information content (AvgIpc) is 1.61. The van der Waals surface area contributed by atoms with Crippen LogP contribution >= 0.6 is 0 Å². The number of ketones is 2. The molecular weight excluding hydrogens is 1310 g/mol. The Bertz CT molecular complexity index is 3940. The van der Waals surface area contributed by atoms with Gasteiger partial charge in [-0.25, -0.2) is 18.0 Å². The van der Waals surface area contributed by atoms with E-state index in [2.05, 4.69) is 121 Å². The van der Waals surface area contributed by atoms with Gasteiger partial charge in [0, 0.05) is 91.9 Å². The number of allylic oxidation sites excluding steroid dienone is 7. The predicted molar refractivity (Wildman–Crippen MR) is 367 cm³/mol. The number of Topliss-reactive ketones (excluding diaryl/α,β-unsaturated/α-hetero) is 2. The molecule has 2 aliphatic heterocycles. The van der Waals surface area contributed by atoms with Crippen LogP contribution in [0.15, 0.2) is 150 Å². The van der Waals surface area contributed by atoms with Gasteiger partial charge in [-0.15, -0.1) is 12.6 Å². The number of aliphatic carboxylic acids is 3. The van der Waals surface area contributed by atoms with Crippen LogP contribution in [0.3, 0.4) is 0 Å². The number of amides is 3. The highest BCUT2D eigenvalue weighted by molar-refractivity contribution is 7.85. The maximum atomic E-state index is 14.2. The first kappa shape index (κ1) is 80.2. The Kier molecular flexibility index (Phi) is 31.7. The van der Waals surface area contributed by atoms with E-state index in [4.69, 9.17) is 32.1 Å². The third-order valence-electron chi connectivity index (χ3n) is 17.4. The molecule has 99 heavy (non-hydrogen) atoms. The molecule has 532 valence electrons. The number of unbranched alkanes of at least 4 members (excludes halogenated alkanes) is 3. The van der Waals surface area contributed by atoms with Crippen molar-refractivity contribution in [3.8, 4) is 5.75 Å². The molecule has 3 atom stereocenters. The summed E-state index contributed by atoms with van der Waals surface area (Å²) in [4.78, 5) is 107. The first-order chi connectivity index (χ1) is 47.0. The molecule has 3 amide bonds. The van der Waals surface area contributed by atoms with E-state index in [0.29, 0.717) is 42.9 Å². The van der Waals surface area contributed by atoms with Crippen LogP contribution in [0.25, 0.3) is 0 Å². The fourth-order valence-electron chi connectivity index (χ4n) is 12.4. The minimum atomic E-state index is -4.36. The number of fused-ring (bicyclic) bond motifs is 2. The molecule has 0 fully saturated rings. The number of carboxylic acid groups (broad SMARTS) is 3. The van der Waals surface area contributed by atoms with Crippen molar-refractivity contribution in [3.05, 3.63) is 172 Å². The number of nitrogens with zero attached hydrogens (tertiary/aromatic N) is 2. The Balaban J connectivity index is 0.00000241. The summed E-state index contributed by atoms with van der Waals surface area (Å²) in [5, 5.41) is 36.5. The number of hydrogen-bond acceptors (Lipinski definition) is 17. The molecule has 4 aromatic rings. The molecule has 0 aromatic heterocycles. The maximum Gasteiger partial charge on any atom is 0.425 e. The number of carbonyl (C=O) groups is 7. The smallest absolute Gasteiger partial charge is 0.425 e. The van der Waals surface area contributed by atoms with Crippen molar-refractivity contribution in [1.82, 2.24) is 16.0 Å². The molecule has 0 saturated heterocycles. The van der Waals surface area contributed by atoms with Crippen LogP contribution in [-0.4, -0.2) is 136 Å². The molecule has 0 unspecified atom stereocenters. The molecule has 0 saturated carbocycles. The highest BCUT2D eigenvalue weighted by Crippen LogP contribution is 2.48. The van der Waals surface area contributed by atoms with Crippen molar-refractivity contribution in [2.24, 2.45) is 5.92 Å². The molecule has 1 aliphatic carbocycles. The average molecular weight is 1400 g/mol. The fourth-order valence-corrected chi connectivity index (χ4v) is 12.9. The molecule has 24 nitrogen and oxygen atoms in total. The van der Waals surface area contributed by atoms with Crippen molar-refractivity contribution in [2.75, 3.05) is 30.3 Å². The van der Waals surface area contributed by atoms with Gasteiger partial charge in [-0.05, 0) is 143 Å². The summed E-state index contributed by atoms with van der Waals surface area (Å²) in [6.07, 6.45) is 14.0. The van der Waals surface area contributed by atoms with E-state index in [1.54, 1.807) is 36.4 Å². The minimum absolute atomic E-state index is 0.00849. The lowest BCUT2D eigenvalue weighted by molar-refractivity contribution is -0.438. The van der Waals surface area contributed by atoms with Crippen LogP contribution < -0.4 is 25.6 Å². The van der Waals surface area contributed by atoms with E-state index < -0.39 is 85.5 Å². The lowest BCUT2D eigenvalue weighted by Gasteiger charge is -2.27. The standard InChI is InChI=1S/C72H89N5O14S.CO2.O3S/c1-6-7-43-76-60-28-14-12-26-56(60)71(2,3)63(76)40-34-51-23-19-24-52(35-41-64-72(4,5)57-27-13-15-29-61(57)77(64)44-17-18-45-92(88,89)90)67(51)91-55-37-32-50(33-38-55)46-53(68(83)84)48-62(79)59(47-49-21-9-8-10-22-49)74-65(80)30-16-11-25-54(78)36-39-58(69(85)86)75-70(87)73-42-20-31-66(81)82;2-1-3;1-4(2)3/h8-10,12-15,21-22,26-29,32-35,37-38,40-41,53,58-59H,6-7,11,16-20,23-25,30-31,36,39,42-48H2,1-5H3,(H6-,73,74,75,80,81,82,83,84,85,86,87,88,89,90);;/t53-,58+,59+;;/m1../s1. The fraction of sp³-hybridized carbons (Fsp3) is 0.438. The van der Waals surface area contributed by atoms with Crippen LogP contribution in [-0.2, 0) is 82.8 Å². The van der Waals surface area contributed by atoms with Gasteiger partial charge in [-0.1, -0.05) is 112 Å². The zero-order valence-corrected chi connectivity index (χ0v) is 58.1. The van der Waals surface area contributed by atoms with Crippen molar-refractivity contribution >= 4 is 85.4 Å². The molecule has 0 bridgehead atoms. The van der Waals surface area contributed by atoms with Gasteiger partial charge in [-0.2, -0.15) is 14.2 Å². The molecule has 4 aromatic carbocycles. The lowest BCUT2D eigenvalue weighted by atomic mass is 9.81. The summed E-state index contributed by atoms with van der Waals surface area (Å²) in [5.41, 5.74) is 9.54. The second-order valence-corrected chi connectivity index (χ2v) is 27.3. The molecular formula is C73H89N5O19S2. The van der Waals surface area contributed by atoms with Crippen molar-refractivity contribution in [3.63, 3.8) is 0 Å². The van der Waals surface area contributed by atoms with E-state index in [-0.39, 0.29) is 94.5 Å². The number of ether oxygens (including phenoxy) is 1. The van der Waals surface area contributed by atoms with Gasteiger partial charge < -0.3 is 45.5 Å². The van der Waals surface area contributed by atoms with Crippen molar-refractivity contribution in [1.29, 1.82) is 0 Å². The number of anilines is 1. The van der Waals surface area contributed by atoms with Crippen molar-refractivity contribution < 1.29 is 93.4 Å². The van der Waals surface area contributed by atoms with E-state index in [0.717, 1.165) is 65.9 Å². The number of hydrogen-bond donors (Lipinski definition) is 6. The van der Waals surface area contributed by atoms with Gasteiger partial charge >= 0.3 is 40.7 Å². The first-order valence-corrected chi connectivity index (χ1v) is 35.6. The van der Waals surface area contributed by atoms with Gasteiger partial charge in [0.1, 0.15) is 29.9 Å². The number of rotatable bonds is 36. The summed E-state index contributed by atoms with van der Waals surface area (Å²) < 4.78 is 69.2. The Hall–Kier alpha value is -9.49. The molecule has 0 radical (unpaired) electrons. The summed E-state index contributed by atoms with van der Waals surface area (Å²) in [7, 11) is -7.47. The molecule has 2 heterocycles. The second kappa shape index (κ2) is 39.2. The van der Waals surface area contributed by atoms with E-state index in [9.17, 15) is 56.7 Å². The molecule has 3 aliphatic rings. The van der Waals surface area contributed by atoms with Crippen LogP contribution in [0.4, 0.5) is 16.2 Å². The van der Waals surface area contributed by atoms with Crippen LogP contribution in [0, 0.1) is 5.92 Å². The van der Waals surface area contributed by atoms with Gasteiger partial charge in [0.05, 0.1) is 27.5 Å². The molecule has 0 spiro atoms. The summed E-state index contributed by atoms with van der Waals surface area (Å²) in [6.45, 7) is 12.5. The summed E-state index contributed by atoms with van der Waals surface area (Å²) in [5.74, 6) is -5.08. The van der Waals surface area contributed by atoms with Crippen LogP contribution in [0.2, 0.25) is 0 Å². The number of carbonyl (C=O) groups excluding carboxylic acids is 6. The van der Waals surface area contributed by atoms with Gasteiger partial charge in [0.25, 0.3) is 0 Å². The van der Waals surface area contributed by atoms with Crippen molar-refractivity contribution in [2.45, 2.75) is 173 Å². The second-order valence-electron chi connectivity index (χ2n) is 25.4. The largest absolute Gasteiger partial charge is 0.748 e. The monoisotopic (exact) mass is 1400 g/mol. The molecule has 6 N–H and O–H groups in total. The SMILES string of the molecule is CCCCN1/C(=C/C=C2\CCCC(/C=C/C3=[N+](CCCCS(=O)(=O)[O-])c4ccccc4C3(C)C)=C2Oc2ccc(C[C@H](CC(=O)[C@H](Cc3ccccc3)NC(=O)CCCCC(=O)CC[C@H](NC(=O)NCCCC(=O)O)C(=O)O)C(=O)O)cc2)C(C)(C)c2ccccc21.O=C=O.O=S(=O)=O. The van der Waals surface area contributed by atoms with Gasteiger partial charge in [0.15, 0.2) is 11.5 Å². The zero-order chi connectivity index (χ0) is 72.9. The van der Waals surface area contributed by atoms with Crippen LogP contribution in [0.5, 0.6) is 5.75 Å². The number of para-hydroxylation sites is 2. The Labute approximate surface area is 579 Å². The quantitative estimate of drug-likeness (QED) is 0.0140. The highest BCUT2D eigenvalue weighted by atomic mass is 32.2. The summed E-state index contributed by atoms with van der Waals surface area (Å²) >= 11 is 0. The normalized spacial score (nSPS) is 16.0. The maximum absolute atomic E-state index is 14.2. The Morgan fingerprint density at radius 1 is 0.707 bits per heavy atom. The number of benzene rings is 4. The molecule has 26 heteroatoms. The Morgan fingerprint density at radius 3 is 1.99 bits per heavy atom. The minimum Gasteiger partial charge on any atom is -0.748 e. The first-order valence-electron chi connectivity index (χ1n) is 33.0. The number of carboxylic acids is 3. The van der Waals surface area contributed by atoms with Gasteiger partial charge in [-0.3, -0.25) is 24.0 Å². The predicted octanol–water partition coefficient (Wildman–Crippen LogP) is 9.74. The van der Waals surface area contributed by atoms with Gasteiger partial charge in [0.2, 0.25) is 11.6 Å². The lowest BCUT2D eigenvalue weighted by Crippen LogP contribution is -2.46. The number of urea groups is 1. The summed E-state index contributed by atoms with van der Waals surface area (Å²) in [6, 6.07) is 29.8.